The highest BCUT2D eigenvalue weighted by Gasteiger charge is 2.09. The number of carbonyl (C=O) groups is 2. The first-order valence-electron chi connectivity index (χ1n) is 5.98. The second kappa shape index (κ2) is 7.61. The molecule has 98 valence electrons. The largest absolute Gasteiger partial charge is 0.464 e. The number of likely N-dealkylation sites (N-methyl/N-ethyl adjacent to an activating group) is 1. The fourth-order valence-corrected chi connectivity index (χ4v) is 1.40. The predicted molar refractivity (Wildman–Crippen MR) is 69.5 cm³/mol. The van der Waals surface area contributed by atoms with E-state index in [2.05, 4.69) is 0 Å². The fraction of sp³-hybridized carbons (Fsp3) is 0.429. The van der Waals surface area contributed by atoms with Crippen LogP contribution < -0.4 is 0 Å². The number of nitrogens with zero attached hydrogens (tertiary/aromatic N) is 1. The summed E-state index contributed by atoms with van der Waals surface area (Å²) in [7, 11) is 3.82. The van der Waals surface area contributed by atoms with Gasteiger partial charge in [-0.05, 0) is 14.1 Å². The van der Waals surface area contributed by atoms with E-state index < -0.39 is 0 Å². The number of Topliss-reactive ketones (excluding diaryl/α,β-unsaturated/α-hetero) is 1. The van der Waals surface area contributed by atoms with Crippen molar-refractivity contribution in [2.75, 3.05) is 27.2 Å². The standard InChI is InChI=1S/C14H19NO3/c1-15(2)10-11-18-14(17)9-8-13(16)12-6-4-3-5-7-12/h3-7H,8-11H2,1-2H3. The molecule has 0 unspecified atom stereocenters. The van der Waals surface area contributed by atoms with Gasteiger partial charge in [0.1, 0.15) is 6.61 Å². The summed E-state index contributed by atoms with van der Waals surface area (Å²) in [5.74, 6) is -0.346. The molecule has 4 heteroatoms. The topological polar surface area (TPSA) is 46.6 Å². The zero-order valence-corrected chi connectivity index (χ0v) is 10.9. The van der Waals surface area contributed by atoms with Crippen molar-refractivity contribution in [1.29, 1.82) is 0 Å². The van der Waals surface area contributed by atoms with E-state index >= 15 is 0 Å². The Labute approximate surface area is 108 Å². The van der Waals surface area contributed by atoms with Gasteiger partial charge in [0, 0.05) is 18.5 Å². The van der Waals surface area contributed by atoms with Gasteiger partial charge in [-0.25, -0.2) is 0 Å². The number of carbonyl (C=O) groups excluding carboxylic acids is 2. The Morgan fingerprint density at radius 3 is 2.39 bits per heavy atom. The number of ketones is 1. The van der Waals surface area contributed by atoms with Crippen LogP contribution in [0.3, 0.4) is 0 Å². The first-order valence-corrected chi connectivity index (χ1v) is 5.98. The monoisotopic (exact) mass is 249 g/mol. The molecular weight excluding hydrogens is 230 g/mol. The van der Waals surface area contributed by atoms with E-state index in [9.17, 15) is 9.59 Å². The number of benzene rings is 1. The van der Waals surface area contributed by atoms with Crippen LogP contribution in [0.1, 0.15) is 23.2 Å². The summed E-state index contributed by atoms with van der Waals surface area (Å²) in [6, 6.07) is 8.97. The van der Waals surface area contributed by atoms with Gasteiger partial charge in [0.2, 0.25) is 0 Å². The van der Waals surface area contributed by atoms with Crippen molar-refractivity contribution in [1.82, 2.24) is 4.90 Å². The lowest BCUT2D eigenvalue weighted by atomic mass is 10.1. The highest BCUT2D eigenvalue weighted by atomic mass is 16.5. The van der Waals surface area contributed by atoms with Crippen LogP contribution in [0, 0.1) is 0 Å². The highest BCUT2D eigenvalue weighted by Crippen LogP contribution is 2.05. The molecule has 0 heterocycles. The van der Waals surface area contributed by atoms with Crippen molar-refractivity contribution >= 4 is 11.8 Å². The normalized spacial score (nSPS) is 10.4. The summed E-state index contributed by atoms with van der Waals surface area (Å²) < 4.78 is 5.01. The van der Waals surface area contributed by atoms with Crippen molar-refractivity contribution in [3.63, 3.8) is 0 Å². The average molecular weight is 249 g/mol. The van der Waals surface area contributed by atoms with E-state index in [1.165, 1.54) is 0 Å². The van der Waals surface area contributed by atoms with Gasteiger partial charge in [-0.15, -0.1) is 0 Å². The zero-order chi connectivity index (χ0) is 13.4. The van der Waals surface area contributed by atoms with E-state index in [0.29, 0.717) is 18.7 Å². The van der Waals surface area contributed by atoms with Crippen LogP contribution in [-0.4, -0.2) is 43.9 Å². The lowest BCUT2D eigenvalue weighted by Gasteiger charge is -2.09. The summed E-state index contributed by atoms with van der Waals surface area (Å²) >= 11 is 0. The highest BCUT2D eigenvalue weighted by molar-refractivity contribution is 5.97. The summed E-state index contributed by atoms with van der Waals surface area (Å²) in [4.78, 5) is 25.0. The van der Waals surface area contributed by atoms with Crippen LogP contribution in [0.5, 0.6) is 0 Å². The minimum atomic E-state index is -0.318. The molecule has 0 amide bonds. The average Bonchev–Trinajstić information content (AvgIpc) is 2.36. The maximum atomic E-state index is 11.7. The molecule has 0 bridgehead atoms. The quantitative estimate of drug-likeness (QED) is 0.545. The third-order valence-corrected chi connectivity index (χ3v) is 2.45. The minimum Gasteiger partial charge on any atom is -0.464 e. The second-order valence-corrected chi connectivity index (χ2v) is 4.31. The van der Waals surface area contributed by atoms with Crippen LogP contribution in [0.15, 0.2) is 30.3 Å². The Morgan fingerprint density at radius 1 is 1.11 bits per heavy atom. The van der Waals surface area contributed by atoms with Gasteiger partial charge in [0.25, 0.3) is 0 Å². The summed E-state index contributed by atoms with van der Waals surface area (Å²) in [5.41, 5.74) is 0.638. The molecule has 1 rings (SSSR count). The van der Waals surface area contributed by atoms with Gasteiger partial charge in [0.15, 0.2) is 5.78 Å². The van der Waals surface area contributed by atoms with E-state index in [1.807, 2.05) is 37.2 Å². The summed E-state index contributed by atoms with van der Waals surface area (Å²) in [6.45, 7) is 1.06. The first-order chi connectivity index (χ1) is 8.59. The van der Waals surface area contributed by atoms with Crippen LogP contribution in [0.2, 0.25) is 0 Å². The molecule has 0 spiro atoms. The lowest BCUT2D eigenvalue weighted by molar-refractivity contribution is -0.143. The van der Waals surface area contributed by atoms with E-state index in [4.69, 9.17) is 4.74 Å². The second-order valence-electron chi connectivity index (χ2n) is 4.31. The first kappa shape index (κ1) is 14.4. The molecule has 0 atom stereocenters. The molecule has 0 aliphatic heterocycles. The van der Waals surface area contributed by atoms with E-state index in [0.717, 1.165) is 0 Å². The molecule has 0 N–H and O–H groups in total. The maximum absolute atomic E-state index is 11.7. The van der Waals surface area contributed by atoms with Gasteiger partial charge in [-0.1, -0.05) is 30.3 Å². The summed E-state index contributed by atoms with van der Waals surface area (Å²) in [6.07, 6.45) is 0.339. The molecular formula is C14H19NO3. The number of ether oxygens (including phenoxy) is 1. The lowest BCUT2D eigenvalue weighted by Crippen LogP contribution is -2.20. The summed E-state index contributed by atoms with van der Waals surface area (Å²) in [5, 5.41) is 0. The Balaban J connectivity index is 2.24. The van der Waals surface area contributed by atoms with Gasteiger partial charge >= 0.3 is 5.97 Å². The third kappa shape index (κ3) is 5.59. The maximum Gasteiger partial charge on any atom is 0.306 e. The number of esters is 1. The van der Waals surface area contributed by atoms with Crippen LogP contribution in [-0.2, 0) is 9.53 Å². The van der Waals surface area contributed by atoms with E-state index in [1.54, 1.807) is 12.1 Å². The molecule has 1 aromatic carbocycles. The van der Waals surface area contributed by atoms with Crippen molar-refractivity contribution < 1.29 is 14.3 Å². The Bertz CT molecular complexity index is 387. The van der Waals surface area contributed by atoms with Crippen molar-refractivity contribution in [3.8, 4) is 0 Å². The van der Waals surface area contributed by atoms with Gasteiger partial charge in [0.05, 0.1) is 6.42 Å². The van der Waals surface area contributed by atoms with Gasteiger partial charge in [-0.3, -0.25) is 9.59 Å². The van der Waals surface area contributed by atoms with E-state index in [-0.39, 0.29) is 24.6 Å². The van der Waals surface area contributed by atoms with Crippen molar-refractivity contribution in [2.24, 2.45) is 0 Å². The molecule has 0 saturated carbocycles. The fourth-order valence-electron chi connectivity index (χ4n) is 1.40. The predicted octanol–water partition coefficient (Wildman–Crippen LogP) is 1.75. The molecule has 4 nitrogen and oxygen atoms in total. The number of hydrogen-bond donors (Lipinski definition) is 0. The number of hydrogen-bond acceptors (Lipinski definition) is 4. The molecule has 18 heavy (non-hydrogen) atoms. The SMILES string of the molecule is CN(C)CCOC(=O)CCC(=O)c1ccccc1. The minimum absolute atomic E-state index is 0.0276. The smallest absolute Gasteiger partial charge is 0.306 e. The van der Waals surface area contributed by atoms with Crippen molar-refractivity contribution in [2.45, 2.75) is 12.8 Å². The molecule has 0 radical (unpaired) electrons. The van der Waals surface area contributed by atoms with Gasteiger partial charge < -0.3 is 9.64 Å². The van der Waals surface area contributed by atoms with Crippen molar-refractivity contribution in [3.05, 3.63) is 35.9 Å². The van der Waals surface area contributed by atoms with Gasteiger partial charge in [-0.2, -0.15) is 0 Å². The van der Waals surface area contributed by atoms with Crippen LogP contribution in [0.25, 0.3) is 0 Å². The molecule has 0 aromatic heterocycles. The zero-order valence-electron chi connectivity index (χ0n) is 10.9. The molecule has 0 aliphatic rings. The third-order valence-electron chi connectivity index (χ3n) is 2.45. The molecule has 0 aliphatic carbocycles. The Kier molecular flexibility index (Phi) is 6.08. The molecule has 0 saturated heterocycles. The van der Waals surface area contributed by atoms with Crippen LogP contribution in [0.4, 0.5) is 0 Å². The number of rotatable bonds is 7. The Hall–Kier alpha value is -1.68. The molecule has 1 aromatic rings. The Morgan fingerprint density at radius 2 is 1.78 bits per heavy atom. The van der Waals surface area contributed by atoms with Crippen LogP contribution >= 0.6 is 0 Å². The molecule has 0 fully saturated rings.